The summed E-state index contributed by atoms with van der Waals surface area (Å²) in [6.45, 7) is 6.15. The van der Waals surface area contributed by atoms with Crippen molar-refractivity contribution in [3.05, 3.63) is 0 Å². The van der Waals surface area contributed by atoms with Crippen LogP contribution in [0.15, 0.2) is 0 Å². The molecule has 1 heterocycles. The van der Waals surface area contributed by atoms with E-state index in [9.17, 15) is 4.79 Å². The Hall–Kier alpha value is -0.770. The topological polar surface area (TPSA) is 44.4 Å². The van der Waals surface area contributed by atoms with Crippen molar-refractivity contribution in [1.29, 1.82) is 0 Å². The van der Waals surface area contributed by atoms with Crippen LogP contribution in [0.2, 0.25) is 0 Å². The van der Waals surface area contributed by atoms with Gasteiger partial charge in [-0.05, 0) is 51.1 Å². The number of nitrogens with zero attached hydrogens (tertiary/aromatic N) is 1. The maximum atomic E-state index is 12.4. The molecule has 0 bridgehead atoms. The van der Waals surface area contributed by atoms with Crippen molar-refractivity contribution in [1.82, 2.24) is 15.5 Å². The molecule has 1 unspecified atom stereocenters. The maximum absolute atomic E-state index is 12.4. The molecule has 1 aliphatic heterocycles. The monoisotopic (exact) mass is 267 g/mol. The first-order chi connectivity index (χ1) is 9.29. The Morgan fingerprint density at radius 2 is 2.05 bits per heavy atom. The van der Waals surface area contributed by atoms with E-state index >= 15 is 0 Å². The molecular formula is C15H29N3O. The Kier molecular flexibility index (Phi) is 5.95. The molecule has 0 aromatic carbocycles. The van der Waals surface area contributed by atoms with Crippen molar-refractivity contribution in [2.75, 3.05) is 26.2 Å². The molecule has 1 saturated carbocycles. The molecule has 1 saturated heterocycles. The summed E-state index contributed by atoms with van der Waals surface area (Å²) in [7, 11) is 0. The highest BCUT2D eigenvalue weighted by Gasteiger charge is 2.23. The molecule has 0 aromatic rings. The predicted molar refractivity (Wildman–Crippen MR) is 78.2 cm³/mol. The van der Waals surface area contributed by atoms with Crippen LogP contribution in [0.1, 0.15) is 51.9 Å². The minimum atomic E-state index is 0.166. The average molecular weight is 267 g/mol. The molecule has 0 spiro atoms. The van der Waals surface area contributed by atoms with E-state index in [2.05, 4.69) is 17.6 Å². The van der Waals surface area contributed by atoms with Gasteiger partial charge in [0, 0.05) is 19.1 Å². The molecule has 2 amide bonds. The van der Waals surface area contributed by atoms with Gasteiger partial charge in [-0.1, -0.05) is 19.8 Å². The molecule has 0 aromatic heterocycles. The average Bonchev–Trinajstić information content (AvgIpc) is 2.92. The Morgan fingerprint density at radius 1 is 1.26 bits per heavy atom. The Bertz CT molecular complexity index is 271. The summed E-state index contributed by atoms with van der Waals surface area (Å²) in [6.07, 6.45) is 8.40. The van der Waals surface area contributed by atoms with Crippen LogP contribution in [0.25, 0.3) is 0 Å². The zero-order valence-corrected chi connectivity index (χ0v) is 12.3. The molecule has 4 nitrogen and oxygen atoms in total. The van der Waals surface area contributed by atoms with Crippen molar-refractivity contribution in [3.63, 3.8) is 0 Å². The van der Waals surface area contributed by atoms with Crippen LogP contribution in [-0.4, -0.2) is 43.2 Å². The Labute approximate surface area is 117 Å². The number of amides is 2. The van der Waals surface area contributed by atoms with Gasteiger partial charge in [-0.2, -0.15) is 0 Å². The second-order valence-electron chi connectivity index (χ2n) is 6.09. The molecule has 0 radical (unpaired) electrons. The minimum Gasteiger partial charge on any atom is -0.335 e. The second kappa shape index (κ2) is 7.73. The Morgan fingerprint density at radius 3 is 2.68 bits per heavy atom. The van der Waals surface area contributed by atoms with Crippen LogP contribution in [0.5, 0.6) is 0 Å². The van der Waals surface area contributed by atoms with Crippen molar-refractivity contribution in [3.8, 4) is 0 Å². The fraction of sp³-hybridized carbons (Fsp3) is 0.933. The van der Waals surface area contributed by atoms with E-state index in [1.165, 1.54) is 25.7 Å². The third kappa shape index (κ3) is 4.68. The lowest BCUT2D eigenvalue weighted by molar-refractivity contribution is 0.177. The van der Waals surface area contributed by atoms with Crippen LogP contribution >= 0.6 is 0 Å². The van der Waals surface area contributed by atoms with Gasteiger partial charge in [0.05, 0.1) is 0 Å². The SMILES string of the molecule is CCCN(CC1CCCNC1)C(=O)NC1CCCC1. The van der Waals surface area contributed by atoms with Crippen LogP contribution in [-0.2, 0) is 0 Å². The standard InChI is InChI=1S/C15H29N3O/c1-2-10-18(12-13-6-5-9-16-11-13)15(19)17-14-7-3-4-8-14/h13-14,16H,2-12H2,1H3,(H,17,19). The van der Waals surface area contributed by atoms with Crippen LogP contribution < -0.4 is 10.6 Å². The van der Waals surface area contributed by atoms with E-state index in [-0.39, 0.29) is 6.03 Å². The summed E-state index contributed by atoms with van der Waals surface area (Å²) in [5.74, 6) is 0.634. The molecule has 110 valence electrons. The molecule has 4 heteroatoms. The zero-order valence-electron chi connectivity index (χ0n) is 12.3. The molecular weight excluding hydrogens is 238 g/mol. The largest absolute Gasteiger partial charge is 0.335 e. The number of carbonyl (C=O) groups is 1. The van der Waals surface area contributed by atoms with E-state index in [1.807, 2.05) is 4.90 Å². The van der Waals surface area contributed by atoms with E-state index in [1.54, 1.807) is 0 Å². The lowest BCUT2D eigenvalue weighted by Gasteiger charge is -2.31. The fourth-order valence-electron chi connectivity index (χ4n) is 3.27. The van der Waals surface area contributed by atoms with Gasteiger partial charge in [0.2, 0.25) is 0 Å². The van der Waals surface area contributed by atoms with Crippen LogP contribution in [0, 0.1) is 5.92 Å². The fourth-order valence-corrected chi connectivity index (χ4v) is 3.27. The highest BCUT2D eigenvalue weighted by Crippen LogP contribution is 2.18. The number of urea groups is 1. The van der Waals surface area contributed by atoms with Gasteiger partial charge >= 0.3 is 6.03 Å². The summed E-state index contributed by atoms with van der Waals surface area (Å²) in [4.78, 5) is 14.4. The molecule has 1 atom stereocenters. The normalized spacial score (nSPS) is 24.4. The van der Waals surface area contributed by atoms with Crippen LogP contribution in [0.4, 0.5) is 4.79 Å². The molecule has 2 N–H and O–H groups in total. The zero-order chi connectivity index (χ0) is 13.5. The summed E-state index contributed by atoms with van der Waals surface area (Å²) in [6, 6.07) is 0.593. The summed E-state index contributed by atoms with van der Waals surface area (Å²) < 4.78 is 0. The van der Waals surface area contributed by atoms with E-state index < -0.39 is 0 Å². The summed E-state index contributed by atoms with van der Waals surface area (Å²) in [5, 5.41) is 6.66. The Balaban J connectivity index is 1.80. The lowest BCUT2D eigenvalue weighted by atomic mass is 9.99. The highest BCUT2D eigenvalue weighted by atomic mass is 16.2. The summed E-state index contributed by atoms with van der Waals surface area (Å²) >= 11 is 0. The highest BCUT2D eigenvalue weighted by molar-refractivity contribution is 5.74. The van der Waals surface area contributed by atoms with Gasteiger partial charge in [0.15, 0.2) is 0 Å². The van der Waals surface area contributed by atoms with Gasteiger partial charge < -0.3 is 15.5 Å². The number of hydrogen-bond acceptors (Lipinski definition) is 2. The molecule has 2 fully saturated rings. The third-order valence-corrected chi connectivity index (χ3v) is 4.34. The second-order valence-corrected chi connectivity index (χ2v) is 6.09. The summed E-state index contributed by atoms with van der Waals surface area (Å²) in [5.41, 5.74) is 0. The van der Waals surface area contributed by atoms with Crippen molar-refractivity contribution in [2.24, 2.45) is 5.92 Å². The lowest BCUT2D eigenvalue weighted by Crippen LogP contribution is -2.48. The smallest absolute Gasteiger partial charge is 0.317 e. The number of rotatable bonds is 5. The number of nitrogens with one attached hydrogen (secondary N) is 2. The number of carbonyl (C=O) groups excluding carboxylic acids is 1. The number of piperidine rings is 1. The van der Waals surface area contributed by atoms with Gasteiger partial charge in [-0.25, -0.2) is 4.79 Å². The van der Waals surface area contributed by atoms with Gasteiger partial charge in [0.1, 0.15) is 0 Å². The number of hydrogen-bond donors (Lipinski definition) is 2. The third-order valence-electron chi connectivity index (χ3n) is 4.34. The van der Waals surface area contributed by atoms with Crippen LogP contribution in [0.3, 0.4) is 0 Å². The molecule has 2 rings (SSSR count). The predicted octanol–water partition coefficient (Wildman–Crippen LogP) is 2.35. The van der Waals surface area contributed by atoms with E-state index in [0.29, 0.717) is 12.0 Å². The quantitative estimate of drug-likeness (QED) is 0.803. The van der Waals surface area contributed by atoms with Crippen molar-refractivity contribution >= 4 is 6.03 Å². The molecule has 2 aliphatic rings. The minimum absolute atomic E-state index is 0.166. The van der Waals surface area contributed by atoms with E-state index in [0.717, 1.165) is 45.4 Å². The van der Waals surface area contributed by atoms with Gasteiger partial charge in [0.25, 0.3) is 0 Å². The first-order valence-corrected chi connectivity index (χ1v) is 8.05. The molecule has 19 heavy (non-hydrogen) atoms. The van der Waals surface area contributed by atoms with Gasteiger partial charge in [-0.3, -0.25) is 0 Å². The first-order valence-electron chi connectivity index (χ1n) is 8.05. The van der Waals surface area contributed by atoms with Crippen molar-refractivity contribution < 1.29 is 4.79 Å². The maximum Gasteiger partial charge on any atom is 0.317 e. The first kappa shape index (κ1) is 14.6. The van der Waals surface area contributed by atoms with Crippen molar-refractivity contribution in [2.45, 2.75) is 57.9 Å². The van der Waals surface area contributed by atoms with E-state index in [4.69, 9.17) is 0 Å². The van der Waals surface area contributed by atoms with Gasteiger partial charge in [-0.15, -0.1) is 0 Å². The molecule has 1 aliphatic carbocycles.